The Bertz CT molecular complexity index is 2250. The molecule has 9 rings (SSSR count). The van der Waals surface area contributed by atoms with Gasteiger partial charge in [0, 0.05) is 33.2 Å². The van der Waals surface area contributed by atoms with E-state index in [4.69, 9.17) is 0 Å². The maximum Gasteiger partial charge on any atom is 0.0788 e. The van der Waals surface area contributed by atoms with E-state index in [-0.39, 0.29) is 0 Å². The van der Waals surface area contributed by atoms with Crippen LogP contribution in [0.25, 0.3) is 66.3 Å². The highest BCUT2D eigenvalue weighted by Crippen LogP contribution is 2.43. The second-order valence-corrected chi connectivity index (χ2v) is 12.0. The van der Waals surface area contributed by atoms with Crippen molar-refractivity contribution in [3.8, 4) is 33.6 Å². The zero-order chi connectivity index (χ0) is 29.0. The number of hydrogen-bond acceptors (Lipinski definition) is 0. The molecule has 2 aromatic heterocycles. The third kappa shape index (κ3) is 3.88. The summed E-state index contributed by atoms with van der Waals surface area (Å²) in [5.74, 6) is 0. The van der Waals surface area contributed by atoms with Crippen molar-refractivity contribution in [2.45, 2.75) is 25.7 Å². The molecule has 0 spiro atoms. The van der Waals surface area contributed by atoms with Gasteiger partial charge in [-0.15, -0.1) is 0 Å². The van der Waals surface area contributed by atoms with Crippen LogP contribution in [-0.2, 0) is 12.8 Å². The molecule has 0 N–H and O–H groups in total. The van der Waals surface area contributed by atoms with Crippen LogP contribution in [-0.4, -0.2) is 9.13 Å². The summed E-state index contributed by atoms with van der Waals surface area (Å²) in [6.07, 6.45) is 4.68. The van der Waals surface area contributed by atoms with Crippen LogP contribution in [0.2, 0.25) is 0 Å². The lowest BCUT2D eigenvalue weighted by atomic mass is 9.95. The maximum atomic E-state index is 2.63. The molecule has 0 bridgehead atoms. The molecule has 2 nitrogen and oxygen atoms in total. The average molecular weight is 565 g/mol. The first-order valence-corrected chi connectivity index (χ1v) is 15.8. The Morgan fingerprint density at radius 2 is 0.955 bits per heavy atom. The number of hydrogen-bond donors (Lipinski definition) is 0. The summed E-state index contributed by atoms with van der Waals surface area (Å²) in [5, 5.41) is 3.98. The fraction of sp³-hybridized carbons (Fsp3) is 0.0952. The number of fused-ring (bicyclic) bond motifs is 7. The second-order valence-electron chi connectivity index (χ2n) is 12.0. The minimum absolute atomic E-state index is 1.09. The van der Waals surface area contributed by atoms with Crippen LogP contribution in [0.3, 0.4) is 0 Å². The zero-order valence-corrected chi connectivity index (χ0v) is 24.6. The van der Waals surface area contributed by atoms with Gasteiger partial charge in [0.05, 0.1) is 16.6 Å². The van der Waals surface area contributed by atoms with E-state index >= 15 is 0 Å². The molecular formula is C42H32N2. The van der Waals surface area contributed by atoms with E-state index in [1.807, 2.05) is 0 Å². The molecule has 0 saturated heterocycles. The Morgan fingerprint density at radius 3 is 1.66 bits per heavy atom. The second kappa shape index (κ2) is 10.1. The molecule has 0 saturated carbocycles. The number of benzene rings is 6. The van der Waals surface area contributed by atoms with E-state index in [2.05, 4.69) is 155 Å². The van der Waals surface area contributed by atoms with Crippen LogP contribution in [0.5, 0.6) is 0 Å². The van der Waals surface area contributed by atoms with Crippen molar-refractivity contribution in [2.24, 2.45) is 0 Å². The van der Waals surface area contributed by atoms with Crippen molar-refractivity contribution in [3.63, 3.8) is 0 Å². The Kier molecular flexibility index (Phi) is 5.80. The first-order chi connectivity index (χ1) is 21.8. The van der Waals surface area contributed by atoms with Crippen molar-refractivity contribution in [1.29, 1.82) is 0 Å². The Hall–Kier alpha value is -5.34. The fourth-order valence-electron chi connectivity index (χ4n) is 7.54. The largest absolute Gasteiger partial charge is 0.311 e. The van der Waals surface area contributed by atoms with Gasteiger partial charge in [0.15, 0.2) is 0 Å². The zero-order valence-electron chi connectivity index (χ0n) is 24.6. The minimum atomic E-state index is 1.09. The normalized spacial score (nSPS) is 13.1. The smallest absolute Gasteiger partial charge is 0.0788 e. The molecule has 210 valence electrons. The minimum Gasteiger partial charge on any atom is -0.311 e. The van der Waals surface area contributed by atoms with E-state index in [9.17, 15) is 0 Å². The summed E-state index contributed by atoms with van der Waals surface area (Å²) in [5.41, 5.74) is 14.2. The summed E-state index contributed by atoms with van der Waals surface area (Å²) in [7, 11) is 0. The van der Waals surface area contributed by atoms with Gasteiger partial charge in [-0.3, -0.25) is 0 Å². The van der Waals surface area contributed by atoms with Gasteiger partial charge in [0.25, 0.3) is 0 Å². The van der Waals surface area contributed by atoms with Crippen LogP contribution < -0.4 is 0 Å². The Balaban J connectivity index is 1.45. The quantitative estimate of drug-likeness (QED) is 0.201. The van der Waals surface area contributed by atoms with Gasteiger partial charge in [-0.05, 0) is 89.9 Å². The third-order valence-electron chi connectivity index (χ3n) is 9.47. The van der Waals surface area contributed by atoms with Crippen LogP contribution in [0.1, 0.15) is 24.1 Å². The van der Waals surface area contributed by atoms with E-state index in [1.165, 1.54) is 90.4 Å². The average Bonchev–Trinajstić information content (AvgIpc) is 3.62. The molecule has 0 aliphatic heterocycles. The molecule has 8 aromatic rings. The Labute approximate surface area is 257 Å². The molecule has 0 radical (unpaired) electrons. The van der Waals surface area contributed by atoms with Crippen molar-refractivity contribution in [1.82, 2.24) is 9.13 Å². The lowest BCUT2D eigenvalue weighted by Gasteiger charge is -2.19. The topological polar surface area (TPSA) is 9.86 Å². The van der Waals surface area contributed by atoms with Gasteiger partial charge in [0.1, 0.15) is 0 Å². The summed E-state index contributed by atoms with van der Waals surface area (Å²) in [4.78, 5) is 0. The highest BCUT2D eigenvalue weighted by molar-refractivity contribution is 6.19. The van der Waals surface area contributed by atoms with Gasteiger partial charge in [-0.25, -0.2) is 0 Å². The molecule has 2 heteroatoms. The van der Waals surface area contributed by atoms with Gasteiger partial charge in [-0.2, -0.15) is 0 Å². The molecule has 0 fully saturated rings. The lowest BCUT2D eigenvalue weighted by Crippen LogP contribution is -2.07. The molecule has 0 unspecified atom stereocenters. The van der Waals surface area contributed by atoms with Crippen LogP contribution in [0.15, 0.2) is 146 Å². The van der Waals surface area contributed by atoms with Gasteiger partial charge >= 0.3 is 0 Å². The number of nitrogens with zero attached hydrogens (tertiary/aromatic N) is 2. The van der Waals surface area contributed by atoms with Crippen LogP contribution in [0.4, 0.5) is 0 Å². The Morgan fingerprint density at radius 1 is 0.386 bits per heavy atom. The number of aromatic nitrogens is 2. The summed E-state index contributed by atoms with van der Waals surface area (Å²) >= 11 is 0. The van der Waals surface area contributed by atoms with E-state index in [1.54, 1.807) is 0 Å². The van der Waals surface area contributed by atoms with Crippen molar-refractivity contribution < 1.29 is 0 Å². The number of para-hydroxylation sites is 2. The predicted molar refractivity (Wildman–Crippen MR) is 185 cm³/mol. The molecule has 2 heterocycles. The summed E-state index contributed by atoms with van der Waals surface area (Å²) < 4.78 is 5.12. The highest BCUT2D eigenvalue weighted by atomic mass is 15.1. The maximum absolute atomic E-state index is 2.63. The molecule has 1 aliphatic carbocycles. The van der Waals surface area contributed by atoms with Crippen LogP contribution in [0, 0.1) is 0 Å². The fourth-order valence-corrected chi connectivity index (χ4v) is 7.54. The predicted octanol–water partition coefficient (Wildman–Crippen LogP) is 10.9. The van der Waals surface area contributed by atoms with Gasteiger partial charge < -0.3 is 9.13 Å². The van der Waals surface area contributed by atoms with Crippen molar-refractivity contribution in [3.05, 3.63) is 157 Å². The molecule has 1 aliphatic rings. The van der Waals surface area contributed by atoms with Gasteiger partial charge in [-0.1, -0.05) is 109 Å². The number of rotatable bonds is 4. The third-order valence-corrected chi connectivity index (χ3v) is 9.47. The van der Waals surface area contributed by atoms with Crippen LogP contribution >= 0.6 is 0 Å². The first kappa shape index (κ1) is 25.2. The molecule has 0 amide bonds. The SMILES string of the molecule is c1ccc(-c2cc(-c3ccccc3)cc(-n3c4c(c5ccc6c7ccccc7n(-c7ccccc7)c6c53)CCCC4)c2)cc1. The van der Waals surface area contributed by atoms with Crippen molar-refractivity contribution >= 4 is 32.7 Å². The van der Waals surface area contributed by atoms with E-state index in [0.29, 0.717) is 0 Å². The van der Waals surface area contributed by atoms with Crippen molar-refractivity contribution in [2.75, 3.05) is 0 Å². The first-order valence-electron chi connectivity index (χ1n) is 15.8. The lowest BCUT2D eigenvalue weighted by molar-refractivity contribution is 0.667. The highest BCUT2D eigenvalue weighted by Gasteiger charge is 2.26. The molecule has 44 heavy (non-hydrogen) atoms. The molecule has 6 aromatic carbocycles. The van der Waals surface area contributed by atoms with Gasteiger partial charge in [0.2, 0.25) is 0 Å². The molecular weight excluding hydrogens is 532 g/mol. The monoisotopic (exact) mass is 564 g/mol. The standard InChI is InChI=1S/C42H32N2/c1-4-14-29(15-5-1)31-26-32(30-16-6-2-7-17-30)28-34(27-31)44-40-23-13-11-21-36(40)38-25-24-37-35-20-10-12-22-39(35)43(41(37)42(38)44)33-18-8-3-9-19-33/h1-10,12,14-20,22,24-28H,11,13,21,23H2. The number of aryl methyl sites for hydroxylation is 1. The summed E-state index contributed by atoms with van der Waals surface area (Å²) in [6.45, 7) is 0. The van der Waals surface area contributed by atoms with E-state index in [0.717, 1.165) is 12.8 Å². The molecule has 0 atom stereocenters. The van der Waals surface area contributed by atoms with E-state index < -0.39 is 0 Å². The summed E-state index contributed by atoms with van der Waals surface area (Å²) in [6, 6.07) is 53.3.